The summed E-state index contributed by atoms with van der Waals surface area (Å²) in [5.74, 6) is 1.59. The quantitative estimate of drug-likeness (QED) is 0.245. The van der Waals surface area contributed by atoms with E-state index in [9.17, 15) is 9.90 Å². The number of anilines is 1. The van der Waals surface area contributed by atoms with Crippen molar-refractivity contribution in [3.05, 3.63) is 87.6 Å². The molecule has 0 fully saturated rings. The molecule has 0 radical (unpaired) electrons. The second-order valence-corrected chi connectivity index (χ2v) is 13.2. The van der Waals surface area contributed by atoms with E-state index in [4.69, 9.17) is 19.4 Å². The van der Waals surface area contributed by atoms with Crippen molar-refractivity contribution >= 4 is 11.8 Å². The van der Waals surface area contributed by atoms with Crippen LogP contribution in [0.1, 0.15) is 78.5 Å². The molecule has 0 bridgehead atoms. The third-order valence-corrected chi connectivity index (χ3v) is 8.55. The van der Waals surface area contributed by atoms with Gasteiger partial charge in [0, 0.05) is 47.4 Å². The van der Waals surface area contributed by atoms with Crippen molar-refractivity contribution in [2.45, 2.75) is 86.0 Å². The largest absolute Gasteiger partial charge is 0.493 e. The number of aromatic nitrogens is 3. The molecule has 2 aromatic carbocycles. The zero-order chi connectivity index (χ0) is 32.0. The van der Waals surface area contributed by atoms with Crippen LogP contribution in [0.2, 0.25) is 0 Å². The summed E-state index contributed by atoms with van der Waals surface area (Å²) < 4.78 is 12.2. The van der Waals surface area contributed by atoms with Crippen LogP contribution in [0.4, 0.5) is 5.82 Å². The van der Waals surface area contributed by atoms with Crippen molar-refractivity contribution in [2.75, 3.05) is 18.1 Å². The van der Waals surface area contributed by atoms with Gasteiger partial charge in [0.05, 0.1) is 12.2 Å². The number of hydrogen-bond acceptors (Lipinski definition) is 7. The van der Waals surface area contributed by atoms with E-state index in [1.54, 1.807) is 0 Å². The number of pyridine rings is 1. The summed E-state index contributed by atoms with van der Waals surface area (Å²) in [7, 11) is 0. The predicted octanol–water partition coefficient (Wildman–Crippen LogP) is 7.27. The standard InChI is InChI=1S/C37H42N4O4/c1-21-17-31(40-24(4)38-21)41-15-14-25-18-27(10-11-29(25)20-41)32-22(2)39-23(3)33(35(36(42)43)45-37(5,6)7)34(32)28-12-13-30-26(19-28)9-8-16-44-30/h10-13,17-19,35H,8-9,14-16,20H2,1-7H3,(H,42,43)/t35-/m0/s1. The lowest BCUT2D eigenvalue weighted by atomic mass is 9.84. The molecule has 2 aliphatic rings. The molecule has 1 N–H and O–H groups in total. The third kappa shape index (κ3) is 6.29. The summed E-state index contributed by atoms with van der Waals surface area (Å²) in [5.41, 5.74) is 9.80. The van der Waals surface area contributed by atoms with Crippen LogP contribution in [-0.4, -0.2) is 44.8 Å². The number of fused-ring (bicyclic) bond motifs is 2. The number of nitrogens with zero attached hydrogens (tertiary/aromatic N) is 4. The van der Waals surface area contributed by atoms with E-state index in [0.29, 0.717) is 17.9 Å². The zero-order valence-electron chi connectivity index (χ0n) is 27.3. The summed E-state index contributed by atoms with van der Waals surface area (Å²) in [5, 5.41) is 10.5. The lowest BCUT2D eigenvalue weighted by molar-refractivity contribution is -0.160. The van der Waals surface area contributed by atoms with Crippen LogP contribution < -0.4 is 9.64 Å². The van der Waals surface area contributed by atoms with E-state index in [0.717, 1.165) is 88.9 Å². The van der Waals surface area contributed by atoms with Gasteiger partial charge in [0.15, 0.2) is 6.10 Å². The molecule has 0 spiro atoms. The molecule has 0 amide bonds. The second kappa shape index (κ2) is 11.9. The number of aliphatic carboxylic acids is 1. The van der Waals surface area contributed by atoms with E-state index in [1.807, 2.05) is 66.7 Å². The molecule has 0 saturated carbocycles. The van der Waals surface area contributed by atoms with E-state index in [2.05, 4.69) is 34.1 Å². The van der Waals surface area contributed by atoms with E-state index >= 15 is 0 Å². The first-order valence-corrected chi connectivity index (χ1v) is 15.7. The van der Waals surface area contributed by atoms with Crippen molar-refractivity contribution in [3.63, 3.8) is 0 Å². The molecule has 2 aliphatic heterocycles. The maximum atomic E-state index is 12.9. The van der Waals surface area contributed by atoms with Crippen molar-refractivity contribution in [2.24, 2.45) is 0 Å². The van der Waals surface area contributed by atoms with Crippen LogP contribution >= 0.6 is 0 Å². The summed E-state index contributed by atoms with van der Waals surface area (Å²) in [6, 6.07) is 14.9. The Morgan fingerprint density at radius 1 is 0.889 bits per heavy atom. The molecule has 0 saturated heterocycles. The highest BCUT2D eigenvalue weighted by atomic mass is 16.5. The Hall–Kier alpha value is -4.30. The fourth-order valence-corrected chi connectivity index (χ4v) is 6.70. The van der Waals surface area contributed by atoms with Crippen molar-refractivity contribution in [1.29, 1.82) is 0 Å². The number of aryl methyl sites for hydroxylation is 5. The maximum absolute atomic E-state index is 12.9. The minimum absolute atomic E-state index is 0.591. The van der Waals surface area contributed by atoms with Gasteiger partial charge in [0.2, 0.25) is 0 Å². The number of benzene rings is 2. The fraction of sp³-hybridized carbons (Fsp3) is 0.405. The Bertz CT molecular complexity index is 1770. The van der Waals surface area contributed by atoms with E-state index in [1.165, 1.54) is 11.1 Å². The average Bonchev–Trinajstić information content (AvgIpc) is 2.98. The SMILES string of the molecule is Cc1cc(N2CCc3cc(-c4c(C)nc(C)c([C@H](OC(C)(C)C)C(=O)O)c4-c4ccc5c(c4)CCCO5)ccc3C2)nc(C)n1. The van der Waals surface area contributed by atoms with Gasteiger partial charge in [-0.25, -0.2) is 14.8 Å². The highest BCUT2D eigenvalue weighted by molar-refractivity contribution is 5.91. The van der Waals surface area contributed by atoms with Crippen LogP contribution in [0.3, 0.4) is 0 Å². The number of rotatable bonds is 6. The van der Waals surface area contributed by atoms with Gasteiger partial charge in [0.25, 0.3) is 0 Å². The van der Waals surface area contributed by atoms with Gasteiger partial charge in [-0.3, -0.25) is 4.98 Å². The lowest BCUT2D eigenvalue weighted by Gasteiger charge is -2.31. The minimum Gasteiger partial charge on any atom is -0.493 e. The van der Waals surface area contributed by atoms with Gasteiger partial charge in [0.1, 0.15) is 17.4 Å². The molecule has 4 aromatic rings. The van der Waals surface area contributed by atoms with E-state index in [-0.39, 0.29) is 0 Å². The Balaban J connectivity index is 1.51. The van der Waals surface area contributed by atoms with Crippen molar-refractivity contribution in [1.82, 2.24) is 15.0 Å². The van der Waals surface area contributed by atoms with Crippen LogP contribution in [-0.2, 0) is 28.9 Å². The highest BCUT2D eigenvalue weighted by Gasteiger charge is 2.34. The Morgan fingerprint density at radius 2 is 1.62 bits per heavy atom. The second-order valence-electron chi connectivity index (χ2n) is 13.2. The first kappa shape index (κ1) is 30.7. The summed E-state index contributed by atoms with van der Waals surface area (Å²) in [4.78, 5) is 29.3. The third-order valence-electron chi connectivity index (χ3n) is 8.55. The summed E-state index contributed by atoms with van der Waals surface area (Å²) in [6.45, 7) is 15.8. The minimum atomic E-state index is -1.19. The predicted molar refractivity (Wildman–Crippen MR) is 176 cm³/mol. The molecule has 0 unspecified atom stereocenters. The van der Waals surface area contributed by atoms with E-state index < -0.39 is 17.7 Å². The average molecular weight is 607 g/mol. The molecule has 2 aromatic heterocycles. The number of hydrogen-bond donors (Lipinski definition) is 1. The van der Waals surface area contributed by atoms with Crippen molar-refractivity contribution in [3.8, 4) is 28.0 Å². The molecule has 8 nitrogen and oxygen atoms in total. The number of carboxylic acid groups (broad SMARTS) is 1. The van der Waals surface area contributed by atoms with Crippen LogP contribution in [0.5, 0.6) is 5.75 Å². The zero-order valence-corrected chi connectivity index (χ0v) is 27.3. The van der Waals surface area contributed by atoms with Crippen LogP contribution in [0.15, 0.2) is 42.5 Å². The highest BCUT2D eigenvalue weighted by Crippen LogP contribution is 2.44. The molecule has 234 valence electrons. The molecular formula is C37H42N4O4. The molecular weight excluding hydrogens is 564 g/mol. The molecule has 0 aliphatic carbocycles. The topological polar surface area (TPSA) is 97.7 Å². The molecule has 8 heteroatoms. The Labute approximate surface area is 265 Å². The van der Waals surface area contributed by atoms with Gasteiger partial charge in [-0.1, -0.05) is 24.3 Å². The van der Waals surface area contributed by atoms with Gasteiger partial charge in [-0.2, -0.15) is 0 Å². The van der Waals surface area contributed by atoms with Gasteiger partial charge >= 0.3 is 5.97 Å². The monoisotopic (exact) mass is 606 g/mol. The Morgan fingerprint density at radius 3 is 2.36 bits per heavy atom. The summed E-state index contributed by atoms with van der Waals surface area (Å²) >= 11 is 0. The van der Waals surface area contributed by atoms with Crippen molar-refractivity contribution < 1.29 is 19.4 Å². The fourth-order valence-electron chi connectivity index (χ4n) is 6.70. The lowest BCUT2D eigenvalue weighted by Crippen LogP contribution is -2.31. The molecule has 45 heavy (non-hydrogen) atoms. The van der Waals surface area contributed by atoms with Crippen LogP contribution in [0, 0.1) is 27.7 Å². The number of carboxylic acids is 1. The first-order chi connectivity index (χ1) is 21.4. The van der Waals surface area contributed by atoms with Gasteiger partial charge in [-0.15, -0.1) is 0 Å². The smallest absolute Gasteiger partial charge is 0.337 e. The normalized spacial score (nSPS) is 15.2. The number of carbonyl (C=O) groups is 1. The molecule has 4 heterocycles. The summed E-state index contributed by atoms with van der Waals surface area (Å²) in [6.07, 6.45) is 1.54. The molecule has 1 atom stereocenters. The maximum Gasteiger partial charge on any atom is 0.337 e. The number of ether oxygens (including phenoxy) is 2. The molecule has 6 rings (SSSR count). The van der Waals surface area contributed by atoms with Crippen LogP contribution in [0.25, 0.3) is 22.3 Å². The van der Waals surface area contributed by atoms with Gasteiger partial charge in [-0.05, 0) is 113 Å². The van der Waals surface area contributed by atoms with Gasteiger partial charge < -0.3 is 19.5 Å². The Kier molecular flexibility index (Phi) is 8.12. The first-order valence-electron chi connectivity index (χ1n) is 15.7.